The van der Waals surface area contributed by atoms with E-state index < -0.39 is 0 Å². The predicted octanol–water partition coefficient (Wildman–Crippen LogP) is 12.7. The molecule has 0 fully saturated rings. The van der Waals surface area contributed by atoms with Crippen molar-refractivity contribution in [3.8, 4) is 0 Å². The van der Waals surface area contributed by atoms with Gasteiger partial charge in [-0.15, -0.1) is 0 Å². The topological polar surface area (TPSA) is 0 Å². The summed E-state index contributed by atoms with van der Waals surface area (Å²) in [6.07, 6.45) is 0. The molecule has 0 rings (SSSR count). The van der Waals surface area contributed by atoms with Gasteiger partial charge >= 0.3 is 55.7 Å². The second-order valence-corrected chi connectivity index (χ2v) is 15.4. The van der Waals surface area contributed by atoms with E-state index in [4.69, 9.17) is 0 Å². The third kappa shape index (κ3) is 6560. The minimum atomic E-state index is 0. The zero-order valence-electron chi connectivity index (χ0n) is 29.5. The maximum Gasteiger partial charge on any atom is 2.00 e. The molecule has 5 radical (unpaired) electrons. The average molecular weight is 728 g/mol. The van der Waals surface area contributed by atoms with Crippen molar-refractivity contribution in [3.05, 3.63) is 56.4 Å². The fourth-order valence-electron chi connectivity index (χ4n) is 0. The average Bonchev–Trinajstić information content (AvgIpc) is 1.94. The van der Waals surface area contributed by atoms with Crippen molar-refractivity contribution >= 4 is 0 Å². The van der Waals surface area contributed by atoms with Gasteiger partial charge in [0.15, 0.2) is 0 Å². The maximum absolute atomic E-state index is 3.77. The minimum Gasteiger partial charge on any atom is -0.358 e. The Kier molecular flexibility index (Phi) is 94.5. The molecule has 235 valence electrons. The molecular formula is C33H76V5-2. The number of hydrogen-bond donors (Lipinski definition) is 0. The van der Waals surface area contributed by atoms with E-state index in [2.05, 4.69) is 166 Å². The van der Waals surface area contributed by atoms with Gasteiger partial charge in [-0.1, -0.05) is 132 Å². The van der Waals surface area contributed by atoms with E-state index in [0.29, 0.717) is 0 Å². The molecule has 0 nitrogen and oxygen atoms in total. The zero-order valence-corrected chi connectivity index (χ0v) is 36.5. The van der Waals surface area contributed by atoms with Gasteiger partial charge in [0.1, 0.15) is 0 Å². The van der Waals surface area contributed by atoms with Crippen LogP contribution >= 0.6 is 0 Å². The van der Waals surface area contributed by atoms with Crippen LogP contribution < -0.4 is 0 Å². The van der Waals surface area contributed by atoms with Crippen molar-refractivity contribution in [2.24, 2.45) is 32.5 Å². The van der Waals surface area contributed by atoms with Crippen molar-refractivity contribution in [2.75, 3.05) is 0 Å². The first kappa shape index (κ1) is 90.0. The Labute approximate surface area is 311 Å². The molecular weight excluding hydrogens is 651 g/mol. The third-order valence-electron chi connectivity index (χ3n) is 0. The molecule has 0 aromatic carbocycles. The van der Waals surface area contributed by atoms with E-state index in [1.165, 1.54) is 0 Å². The monoisotopic (exact) mass is 727 g/mol. The maximum atomic E-state index is 3.77. The van der Waals surface area contributed by atoms with E-state index in [1.807, 2.05) is 0 Å². The molecule has 0 aliphatic heterocycles. The fraction of sp³-hybridized carbons (Fsp3) is 0.758. The first-order valence-electron chi connectivity index (χ1n) is 11.1. The molecule has 0 saturated heterocycles. The summed E-state index contributed by atoms with van der Waals surface area (Å²) in [6, 6.07) is 0. The van der Waals surface area contributed by atoms with E-state index in [-0.39, 0.29) is 148 Å². The van der Waals surface area contributed by atoms with Crippen molar-refractivity contribution in [3.63, 3.8) is 0 Å². The predicted molar refractivity (Wildman–Crippen MR) is 168 cm³/mol. The molecule has 0 spiro atoms. The Morgan fingerprint density at radius 1 is 0.263 bits per heavy atom. The van der Waals surface area contributed by atoms with Crippen molar-refractivity contribution < 1.29 is 92.8 Å². The van der Waals surface area contributed by atoms with Crippen LogP contribution in [0.2, 0.25) is 0 Å². The summed E-state index contributed by atoms with van der Waals surface area (Å²) >= 11 is 0. The van der Waals surface area contributed by atoms with E-state index in [0.717, 1.165) is 0 Å². The molecule has 5 heteroatoms. The van der Waals surface area contributed by atoms with E-state index in [1.54, 1.807) is 0 Å². The van der Waals surface area contributed by atoms with Crippen LogP contribution in [-0.4, -0.2) is 0 Å². The van der Waals surface area contributed by atoms with Crippen LogP contribution in [0.4, 0.5) is 0 Å². The third-order valence-corrected chi connectivity index (χ3v) is 0. The van der Waals surface area contributed by atoms with E-state index >= 15 is 0 Å². The van der Waals surface area contributed by atoms with E-state index in [9.17, 15) is 0 Å². The Bertz CT molecular complexity index is 207. The molecule has 0 N–H and O–H groups in total. The molecule has 0 heterocycles. The summed E-state index contributed by atoms with van der Waals surface area (Å²) < 4.78 is 0. The molecule has 0 aliphatic rings. The minimum absolute atomic E-state index is 0. The Morgan fingerprint density at radius 3 is 0.263 bits per heavy atom. The fourth-order valence-corrected chi connectivity index (χ4v) is 0. The van der Waals surface area contributed by atoms with Gasteiger partial charge in [-0.05, 0) is 0 Å². The Balaban J connectivity index is -0.0000000145. The Morgan fingerprint density at radius 2 is 0.263 bits per heavy atom. The molecule has 0 saturated carbocycles. The second-order valence-electron chi connectivity index (χ2n) is 15.4. The number of hydrogen-bond acceptors (Lipinski definition) is 0. The summed E-state index contributed by atoms with van der Waals surface area (Å²) in [5.74, 6) is 0. The van der Waals surface area contributed by atoms with Gasteiger partial charge in [-0.2, -0.15) is 32.5 Å². The normalized spacial score (nSPS) is 9.47. The molecule has 0 aromatic heterocycles. The summed E-state index contributed by atoms with van der Waals surface area (Å²) in [6.45, 7) is 60.0. The van der Waals surface area contributed by atoms with Crippen LogP contribution in [0.1, 0.15) is 132 Å². The summed E-state index contributed by atoms with van der Waals surface area (Å²) in [7, 11) is 0. The van der Waals surface area contributed by atoms with Crippen LogP contribution in [0.15, 0.2) is 0 Å². The second kappa shape index (κ2) is 39.9. The molecule has 38 heavy (non-hydrogen) atoms. The van der Waals surface area contributed by atoms with Gasteiger partial charge in [0.2, 0.25) is 0 Å². The van der Waals surface area contributed by atoms with Crippen LogP contribution in [0.5, 0.6) is 0 Å². The largest absolute Gasteiger partial charge is 2.00 e. The molecule has 0 aliphatic carbocycles. The van der Waals surface area contributed by atoms with Gasteiger partial charge in [-0.3, -0.25) is 0 Å². The molecule has 0 unspecified atom stereocenters. The van der Waals surface area contributed by atoms with Crippen LogP contribution in [0.3, 0.4) is 0 Å². The van der Waals surface area contributed by atoms with Gasteiger partial charge in [0.25, 0.3) is 0 Å². The van der Waals surface area contributed by atoms with Gasteiger partial charge in [0.05, 0.1) is 0 Å². The van der Waals surface area contributed by atoms with Crippen LogP contribution in [0, 0.1) is 88.9 Å². The smallest absolute Gasteiger partial charge is 0.358 e. The summed E-state index contributed by atoms with van der Waals surface area (Å²) in [5.41, 5.74) is 1.50. The number of rotatable bonds is 0. The van der Waals surface area contributed by atoms with Gasteiger partial charge < -0.3 is 56.4 Å². The van der Waals surface area contributed by atoms with Crippen molar-refractivity contribution in [1.29, 1.82) is 0 Å². The zero-order chi connectivity index (χ0) is 27.0. The first-order valence-corrected chi connectivity index (χ1v) is 11.1. The molecule has 0 aromatic rings. The van der Waals surface area contributed by atoms with Gasteiger partial charge in [-0.25, -0.2) is 0 Å². The molecule has 0 atom stereocenters. The van der Waals surface area contributed by atoms with Crippen LogP contribution in [0.25, 0.3) is 0 Å². The molecule has 0 amide bonds. The Hall–Kier alpha value is 2.92. The molecule has 0 bridgehead atoms. The van der Waals surface area contributed by atoms with Crippen molar-refractivity contribution in [2.45, 2.75) is 132 Å². The summed E-state index contributed by atoms with van der Waals surface area (Å²) in [5, 5.41) is 0. The standard InChI is InChI=1S/6C5H11.CH4.2CH3.5V/c6*1-5(2,3)4;;;;;;;;/h6*1H2,2-4H3;1H4;2*1H3;;;;;/q6*-1;;2*-1;;;3*+2. The quantitative estimate of drug-likeness (QED) is 0.218. The van der Waals surface area contributed by atoms with Crippen LogP contribution in [-0.2, 0) is 92.8 Å². The SMILES string of the molecule is C.[CH2-]C(C)(C)C.[CH2-]C(C)(C)C.[CH2-]C(C)(C)C.[CH2-]C(C)(C)C.[CH2-]C(C)(C)C.[CH2-]C(C)(C)C.[CH3-].[CH3-].[V+2].[V+2].[V+2].[V].[V]. The van der Waals surface area contributed by atoms with Crippen molar-refractivity contribution in [1.82, 2.24) is 0 Å². The van der Waals surface area contributed by atoms with Gasteiger partial charge in [0, 0.05) is 37.1 Å². The summed E-state index contributed by atoms with van der Waals surface area (Å²) in [4.78, 5) is 0. The first-order chi connectivity index (χ1) is 12.0.